The maximum Gasteiger partial charge on any atom is 0.191 e. The molecule has 5 nitrogen and oxygen atoms in total. The van der Waals surface area contributed by atoms with Gasteiger partial charge in [-0.1, -0.05) is 60.3 Å². The largest absolute Gasteiger partial charge is 0.496 e. The summed E-state index contributed by atoms with van der Waals surface area (Å²) in [5, 5.41) is 11.7. The zero-order chi connectivity index (χ0) is 21.5. The first kappa shape index (κ1) is 21.3. The summed E-state index contributed by atoms with van der Waals surface area (Å²) in [5.74, 6) is 1.81. The molecule has 0 aliphatic carbocycles. The third-order valence-corrected chi connectivity index (χ3v) is 6.76. The SMILES string of the molecule is COc1ccccc1C(=O)CSc1nnc(Cc2cccs2)n1CCc1ccccc1. The Hall–Kier alpha value is -2.90. The average molecular weight is 450 g/mol. The van der Waals surface area contributed by atoms with E-state index in [0.717, 1.165) is 30.4 Å². The van der Waals surface area contributed by atoms with E-state index in [0.29, 0.717) is 11.3 Å². The lowest BCUT2D eigenvalue weighted by atomic mass is 10.1. The van der Waals surface area contributed by atoms with Crippen LogP contribution in [0.3, 0.4) is 0 Å². The van der Waals surface area contributed by atoms with Gasteiger partial charge in [0.2, 0.25) is 0 Å². The smallest absolute Gasteiger partial charge is 0.191 e. The fourth-order valence-electron chi connectivity index (χ4n) is 3.32. The van der Waals surface area contributed by atoms with Crippen molar-refractivity contribution in [3.05, 3.63) is 93.9 Å². The summed E-state index contributed by atoms with van der Waals surface area (Å²) in [6.07, 6.45) is 1.62. The molecule has 0 radical (unpaired) electrons. The Balaban J connectivity index is 1.51. The number of nitrogens with zero attached hydrogens (tertiary/aromatic N) is 3. The van der Waals surface area contributed by atoms with Gasteiger partial charge in [-0.15, -0.1) is 21.5 Å². The van der Waals surface area contributed by atoms with Gasteiger partial charge in [0, 0.05) is 17.8 Å². The number of Topliss-reactive ketones (excluding diaryl/α,β-unsaturated/α-hetero) is 1. The number of rotatable bonds is 10. The van der Waals surface area contributed by atoms with Gasteiger partial charge in [-0.05, 0) is 35.6 Å². The molecule has 7 heteroatoms. The zero-order valence-electron chi connectivity index (χ0n) is 17.2. The van der Waals surface area contributed by atoms with Gasteiger partial charge in [0.15, 0.2) is 10.9 Å². The number of hydrogen-bond acceptors (Lipinski definition) is 6. The van der Waals surface area contributed by atoms with Crippen LogP contribution in [0, 0.1) is 0 Å². The molecule has 4 aromatic rings. The Morgan fingerprint density at radius 1 is 1.03 bits per heavy atom. The first-order valence-electron chi connectivity index (χ1n) is 10.0. The van der Waals surface area contributed by atoms with E-state index in [1.807, 2.05) is 24.3 Å². The number of carbonyl (C=O) groups excluding carboxylic acids is 1. The third-order valence-electron chi connectivity index (χ3n) is 4.91. The van der Waals surface area contributed by atoms with Crippen molar-refractivity contribution in [3.8, 4) is 5.75 Å². The van der Waals surface area contributed by atoms with Gasteiger partial charge >= 0.3 is 0 Å². The van der Waals surface area contributed by atoms with Gasteiger partial charge in [0.1, 0.15) is 11.6 Å². The fraction of sp³-hybridized carbons (Fsp3) is 0.208. The van der Waals surface area contributed by atoms with E-state index in [-0.39, 0.29) is 11.5 Å². The molecule has 0 aliphatic heterocycles. The van der Waals surface area contributed by atoms with Crippen LogP contribution < -0.4 is 4.74 Å². The fourth-order valence-corrected chi connectivity index (χ4v) is 4.89. The molecule has 31 heavy (non-hydrogen) atoms. The molecule has 0 aliphatic rings. The molecule has 0 unspecified atom stereocenters. The van der Waals surface area contributed by atoms with Crippen LogP contribution in [0.5, 0.6) is 5.75 Å². The monoisotopic (exact) mass is 449 g/mol. The van der Waals surface area contributed by atoms with Crippen LogP contribution in [0.15, 0.2) is 77.3 Å². The molecule has 2 aromatic heterocycles. The summed E-state index contributed by atoms with van der Waals surface area (Å²) < 4.78 is 7.48. The quantitative estimate of drug-likeness (QED) is 0.247. The van der Waals surface area contributed by atoms with E-state index < -0.39 is 0 Å². The molecule has 0 bridgehead atoms. The summed E-state index contributed by atoms with van der Waals surface area (Å²) in [5.41, 5.74) is 1.85. The second kappa shape index (κ2) is 10.4. The van der Waals surface area contributed by atoms with Crippen LogP contribution in [0.4, 0.5) is 0 Å². The lowest BCUT2D eigenvalue weighted by Gasteiger charge is -2.11. The number of thiophene rings is 1. The number of ketones is 1. The minimum atomic E-state index is 0.0138. The molecule has 4 rings (SSSR count). The predicted octanol–water partition coefficient (Wildman–Crippen LogP) is 5.16. The number of aryl methyl sites for hydroxylation is 1. The maximum atomic E-state index is 12.8. The Morgan fingerprint density at radius 2 is 1.84 bits per heavy atom. The summed E-state index contributed by atoms with van der Waals surface area (Å²) >= 11 is 3.14. The van der Waals surface area contributed by atoms with Crippen molar-refractivity contribution in [2.45, 2.75) is 24.5 Å². The van der Waals surface area contributed by atoms with E-state index >= 15 is 0 Å². The Bertz CT molecular complexity index is 1120. The molecule has 2 aromatic carbocycles. The molecule has 2 heterocycles. The van der Waals surface area contributed by atoms with Gasteiger partial charge in [-0.25, -0.2) is 0 Å². The first-order chi connectivity index (χ1) is 15.2. The van der Waals surface area contributed by atoms with Crippen molar-refractivity contribution in [2.75, 3.05) is 12.9 Å². The number of methoxy groups -OCH3 is 1. The van der Waals surface area contributed by atoms with Crippen LogP contribution in [0.2, 0.25) is 0 Å². The highest BCUT2D eigenvalue weighted by Crippen LogP contribution is 2.24. The van der Waals surface area contributed by atoms with E-state index in [2.05, 4.69) is 50.5 Å². The van der Waals surface area contributed by atoms with E-state index in [4.69, 9.17) is 4.74 Å². The Kier molecular flexibility index (Phi) is 7.17. The molecule has 0 saturated heterocycles. The highest BCUT2D eigenvalue weighted by Gasteiger charge is 2.17. The van der Waals surface area contributed by atoms with Gasteiger partial charge in [-0.2, -0.15) is 0 Å². The van der Waals surface area contributed by atoms with Gasteiger partial charge in [-0.3, -0.25) is 4.79 Å². The van der Waals surface area contributed by atoms with Crippen molar-refractivity contribution in [1.82, 2.24) is 14.8 Å². The van der Waals surface area contributed by atoms with Crippen LogP contribution in [-0.2, 0) is 19.4 Å². The molecular formula is C24H23N3O2S2. The van der Waals surface area contributed by atoms with E-state index in [1.54, 1.807) is 30.6 Å². The summed E-state index contributed by atoms with van der Waals surface area (Å²) in [6.45, 7) is 0.767. The number of aromatic nitrogens is 3. The highest BCUT2D eigenvalue weighted by atomic mass is 32.2. The number of hydrogen-bond donors (Lipinski definition) is 0. The number of thioether (sulfide) groups is 1. The summed E-state index contributed by atoms with van der Waals surface area (Å²) in [6, 6.07) is 21.8. The predicted molar refractivity (Wildman–Crippen MR) is 125 cm³/mol. The molecular weight excluding hydrogens is 426 g/mol. The number of benzene rings is 2. The lowest BCUT2D eigenvalue weighted by molar-refractivity contribution is 0.101. The normalized spacial score (nSPS) is 10.9. The van der Waals surface area contributed by atoms with Crippen LogP contribution in [0.25, 0.3) is 0 Å². The minimum Gasteiger partial charge on any atom is -0.496 e. The standard InChI is InChI=1S/C24H23N3O2S2/c1-29-22-12-6-5-11-20(22)21(28)17-31-24-26-25-23(16-19-10-7-15-30-19)27(24)14-13-18-8-3-2-4-9-18/h2-12,15H,13-14,16-17H2,1H3. The van der Waals surface area contributed by atoms with Crippen LogP contribution in [-0.4, -0.2) is 33.4 Å². The van der Waals surface area contributed by atoms with Crippen molar-refractivity contribution in [2.24, 2.45) is 0 Å². The summed E-state index contributed by atoms with van der Waals surface area (Å²) in [4.78, 5) is 14.0. The van der Waals surface area contributed by atoms with Crippen molar-refractivity contribution in [3.63, 3.8) is 0 Å². The Labute approximate surface area is 190 Å². The van der Waals surface area contributed by atoms with Crippen LogP contribution in [0.1, 0.15) is 26.6 Å². The second-order valence-corrected chi connectivity index (χ2v) is 8.93. The van der Waals surface area contributed by atoms with E-state index in [1.165, 1.54) is 22.2 Å². The molecule has 0 fully saturated rings. The number of carbonyl (C=O) groups is 1. The molecule has 0 spiro atoms. The molecule has 0 N–H and O–H groups in total. The number of para-hydroxylation sites is 1. The molecule has 0 atom stereocenters. The average Bonchev–Trinajstić information content (AvgIpc) is 3.47. The lowest BCUT2D eigenvalue weighted by Crippen LogP contribution is -2.10. The summed E-state index contributed by atoms with van der Waals surface area (Å²) in [7, 11) is 1.58. The zero-order valence-corrected chi connectivity index (χ0v) is 18.9. The highest BCUT2D eigenvalue weighted by molar-refractivity contribution is 7.99. The Morgan fingerprint density at radius 3 is 2.61 bits per heavy atom. The number of ether oxygens (including phenoxy) is 1. The van der Waals surface area contributed by atoms with Gasteiger partial charge in [0.25, 0.3) is 0 Å². The van der Waals surface area contributed by atoms with Crippen molar-refractivity contribution >= 4 is 28.9 Å². The van der Waals surface area contributed by atoms with E-state index in [9.17, 15) is 4.79 Å². The molecule has 158 valence electrons. The van der Waals surface area contributed by atoms with Crippen molar-refractivity contribution < 1.29 is 9.53 Å². The topological polar surface area (TPSA) is 57.0 Å². The maximum absolute atomic E-state index is 12.8. The first-order valence-corrected chi connectivity index (χ1v) is 11.9. The third kappa shape index (κ3) is 5.42. The molecule has 0 saturated carbocycles. The molecule has 0 amide bonds. The van der Waals surface area contributed by atoms with Crippen LogP contribution >= 0.6 is 23.1 Å². The van der Waals surface area contributed by atoms with Crippen molar-refractivity contribution in [1.29, 1.82) is 0 Å². The second-order valence-electron chi connectivity index (χ2n) is 6.95. The van der Waals surface area contributed by atoms with Gasteiger partial charge in [0.05, 0.1) is 18.4 Å². The minimum absolute atomic E-state index is 0.0138. The van der Waals surface area contributed by atoms with Gasteiger partial charge < -0.3 is 9.30 Å².